The molecule has 0 heterocycles. The van der Waals surface area contributed by atoms with Crippen molar-refractivity contribution in [2.75, 3.05) is 12.8 Å². The van der Waals surface area contributed by atoms with Crippen molar-refractivity contribution in [2.24, 2.45) is 0 Å². The molecule has 0 aromatic heterocycles. The SMILES string of the molecule is COC(=O)c1cc(I)c(N)cc1I. The lowest BCUT2D eigenvalue weighted by molar-refractivity contribution is 0.0599. The maximum Gasteiger partial charge on any atom is 0.338 e. The van der Waals surface area contributed by atoms with E-state index < -0.39 is 0 Å². The van der Waals surface area contributed by atoms with Gasteiger partial charge in [0.05, 0.1) is 12.7 Å². The van der Waals surface area contributed by atoms with E-state index in [1.165, 1.54) is 7.11 Å². The fourth-order valence-corrected chi connectivity index (χ4v) is 2.01. The molecule has 0 aliphatic rings. The largest absolute Gasteiger partial charge is 0.465 e. The number of benzene rings is 1. The highest BCUT2D eigenvalue weighted by molar-refractivity contribution is 14.1. The summed E-state index contributed by atoms with van der Waals surface area (Å²) < 4.78 is 6.29. The van der Waals surface area contributed by atoms with Crippen LogP contribution in [-0.4, -0.2) is 13.1 Å². The van der Waals surface area contributed by atoms with Crippen molar-refractivity contribution >= 4 is 56.8 Å². The highest BCUT2D eigenvalue weighted by Gasteiger charge is 2.11. The molecule has 0 bridgehead atoms. The molecule has 70 valence electrons. The maximum absolute atomic E-state index is 11.2. The predicted molar refractivity (Wildman–Crippen MR) is 67.6 cm³/mol. The number of halogens is 2. The predicted octanol–water partition coefficient (Wildman–Crippen LogP) is 2.26. The van der Waals surface area contributed by atoms with E-state index in [0.29, 0.717) is 11.3 Å². The summed E-state index contributed by atoms with van der Waals surface area (Å²) in [6.07, 6.45) is 0. The first-order valence-corrected chi connectivity index (χ1v) is 5.55. The first kappa shape index (κ1) is 11.0. The van der Waals surface area contributed by atoms with Crippen LogP contribution in [0.5, 0.6) is 0 Å². The summed E-state index contributed by atoms with van der Waals surface area (Å²) in [5, 5.41) is 0. The highest BCUT2D eigenvalue weighted by atomic mass is 127. The van der Waals surface area contributed by atoms with Crippen molar-refractivity contribution in [2.45, 2.75) is 0 Å². The first-order chi connectivity index (χ1) is 6.06. The molecule has 0 spiro atoms. The van der Waals surface area contributed by atoms with Gasteiger partial charge in [0, 0.05) is 12.8 Å². The van der Waals surface area contributed by atoms with E-state index in [-0.39, 0.29) is 5.97 Å². The molecule has 0 fully saturated rings. The van der Waals surface area contributed by atoms with Crippen LogP contribution in [0, 0.1) is 7.14 Å². The van der Waals surface area contributed by atoms with Gasteiger partial charge in [-0.05, 0) is 57.3 Å². The number of anilines is 1. The smallest absolute Gasteiger partial charge is 0.338 e. The molecule has 0 unspecified atom stereocenters. The molecule has 3 nitrogen and oxygen atoms in total. The number of esters is 1. The molecule has 0 aliphatic heterocycles. The normalized spacial score (nSPS) is 9.77. The third-order valence-corrected chi connectivity index (χ3v) is 3.32. The van der Waals surface area contributed by atoms with Crippen LogP contribution in [0.3, 0.4) is 0 Å². The Balaban J connectivity index is 3.23. The van der Waals surface area contributed by atoms with Crippen molar-refractivity contribution in [3.63, 3.8) is 0 Å². The standard InChI is InChI=1S/C8H7I2NO2/c1-13-8(12)4-2-6(10)7(11)3-5(4)9/h2-3H,11H2,1H3. The molecular weight excluding hydrogens is 396 g/mol. The number of hydrogen-bond donors (Lipinski definition) is 1. The summed E-state index contributed by atoms with van der Waals surface area (Å²) in [5.41, 5.74) is 6.90. The van der Waals surface area contributed by atoms with Crippen LogP contribution in [-0.2, 0) is 4.74 Å². The number of nitrogens with two attached hydrogens (primary N) is 1. The van der Waals surface area contributed by atoms with E-state index in [1.807, 2.05) is 0 Å². The maximum atomic E-state index is 11.2. The lowest BCUT2D eigenvalue weighted by atomic mass is 10.2. The van der Waals surface area contributed by atoms with Gasteiger partial charge >= 0.3 is 5.97 Å². The van der Waals surface area contributed by atoms with Gasteiger partial charge in [-0.3, -0.25) is 0 Å². The molecule has 0 radical (unpaired) electrons. The molecule has 1 aromatic rings. The molecule has 0 atom stereocenters. The average molecular weight is 403 g/mol. The van der Waals surface area contributed by atoms with Crippen LogP contribution in [0.15, 0.2) is 12.1 Å². The number of methoxy groups -OCH3 is 1. The minimum atomic E-state index is -0.331. The van der Waals surface area contributed by atoms with Gasteiger partial charge in [0.1, 0.15) is 0 Å². The molecule has 5 heteroatoms. The number of nitrogen functional groups attached to an aromatic ring is 1. The molecule has 2 N–H and O–H groups in total. The van der Waals surface area contributed by atoms with Gasteiger partial charge in [0.25, 0.3) is 0 Å². The fraction of sp³-hybridized carbons (Fsp3) is 0.125. The molecule has 0 aliphatic carbocycles. The topological polar surface area (TPSA) is 52.3 Å². The number of carbonyl (C=O) groups is 1. The Morgan fingerprint density at radius 3 is 2.54 bits per heavy atom. The summed E-state index contributed by atoms with van der Waals surface area (Å²) in [4.78, 5) is 11.2. The van der Waals surface area contributed by atoms with Crippen molar-refractivity contribution in [3.05, 3.63) is 24.8 Å². The monoisotopic (exact) mass is 403 g/mol. The summed E-state index contributed by atoms with van der Waals surface area (Å²) >= 11 is 4.14. The second-order valence-electron chi connectivity index (χ2n) is 2.35. The van der Waals surface area contributed by atoms with Crippen LogP contribution < -0.4 is 5.73 Å². The van der Waals surface area contributed by atoms with Crippen molar-refractivity contribution in [1.82, 2.24) is 0 Å². The summed E-state index contributed by atoms with van der Waals surface area (Å²) in [6.45, 7) is 0. The van der Waals surface area contributed by atoms with Crippen molar-refractivity contribution in [1.29, 1.82) is 0 Å². The number of hydrogen-bond acceptors (Lipinski definition) is 3. The number of carbonyl (C=O) groups excluding carboxylic acids is 1. The number of ether oxygens (including phenoxy) is 1. The Morgan fingerprint density at radius 2 is 2.00 bits per heavy atom. The van der Waals surface area contributed by atoms with Crippen LogP contribution in [0.25, 0.3) is 0 Å². The summed E-state index contributed by atoms with van der Waals surface area (Å²) in [6, 6.07) is 3.48. The Labute approximate surface area is 103 Å². The van der Waals surface area contributed by atoms with Crippen LogP contribution in [0.4, 0.5) is 5.69 Å². The second-order valence-corrected chi connectivity index (χ2v) is 4.67. The molecule has 0 amide bonds. The molecular formula is C8H7I2NO2. The van der Waals surface area contributed by atoms with Gasteiger partial charge in [0.15, 0.2) is 0 Å². The van der Waals surface area contributed by atoms with E-state index in [0.717, 1.165) is 7.14 Å². The Kier molecular flexibility index (Phi) is 3.77. The van der Waals surface area contributed by atoms with Gasteiger partial charge in [-0.15, -0.1) is 0 Å². The minimum absolute atomic E-state index is 0.331. The van der Waals surface area contributed by atoms with Gasteiger partial charge in [-0.2, -0.15) is 0 Å². The lowest BCUT2D eigenvalue weighted by Crippen LogP contribution is -2.05. The Morgan fingerprint density at radius 1 is 1.38 bits per heavy atom. The van der Waals surface area contributed by atoms with Crippen LogP contribution in [0.1, 0.15) is 10.4 Å². The van der Waals surface area contributed by atoms with E-state index in [2.05, 4.69) is 49.9 Å². The number of rotatable bonds is 1. The second kappa shape index (κ2) is 4.45. The van der Waals surface area contributed by atoms with Gasteiger partial charge in [-0.1, -0.05) is 0 Å². The zero-order valence-electron chi connectivity index (χ0n) is 6.80. The lowest BCUT2D eigenvalue weighted by Gasteiger charge is -2.05. The molecule has 0 saturated heterocycles. The van der Waals surface area contributed by atoms with E-state index in [1.54, 1.807) is 12.1 Å². The quantitative estimate of drug-likeness (QED) is 0.445. The molecule has 1 rings (SSSR count). The van der Waals surface area contributed by atoms with Gasteiger partial charge in [-0.25, -0.2) is 4.79 Å². The summed E-state index contributed by atoms with van der Waals surface area (Å²) in [7, 11) is 1.36. The van der Waals surface area contributed by atoms with Crippen LogP contribution >= 0.6 is 45.2 Å². The van der Waals surface area contributed by atoms with Gasteiger partial charge in [0.2, 0.25) is 0 Å². The molecule has 0 saturated carbocycles. The summed E-state index contributed by atoms with van der Waals surface area (Å²) in [5.74, 6) is -0.331. The van der Waals surface area contributed by atoms with Crippen molar-refractivity contribution < 1.29 is 9.53 Å². The Bertz CT molecular complexity index is 352. The average Bonchev–Trinajstić information content (AvgIpc) is 2.10. The van der Waals surface area contributed by atoms with Gasteiger partial charge < -0.3 is 10.5 Å². The first-order valence-electron chi connectivity index (χ1n) is 3.39. The van der Waals surface area contributed by atoms with Crippen molar-refractivity contribution in [3.8, 4) is 0 Å². The van der Waals surface area contributed by atoms with E-state index in [4.69, 9.17) is 5.73 Å². The van der Waals surface area contributed by atoms with E-state index in [9.17, 15) is 4.79 Å². The third-order valence-electron chi connectivity index (χ3n) is 1.49. The Hall–Kier alpha value is -0.0500. The fourth-order valence-electron chi connectivity index (χ4n) is 0.829. The van der Waals surface area contributed by atoms with Crippen LogP contribution in [0.2, 0.25) is 0 Å². The minimum Gasteiger partial charge on any atom is -0.465 e. The zero-order chi connectivity index (χ0) is 10.0. The third kappa shape index (κ3) is 2.46. The molecule has 13 heavy (non-hydrogen) atoms. The zero-order valence-corrected chi connectivity index (χ0v) is 11.1. The van der Waals surface area contributed by atoms with E-state index >= 15 is 0 Å². The molecule has 1 aromatic carbocycles. The highest BCUT2D eigenvalue weighted by Crippen LogP contribution is 2.22.